The summed E-state index contributed by atoms with van der Waals surface area (Å²) in [6, 6.07) is 6.94. The molecule has 2 atom stereocenters. The van der Waals surface area contributed by atoms with Crippen LogP contribution < -0.4 is 16.0 Å². The lowest BCUT2D eigenvalue weighted by Gasteiger charge is -2.09. The third kappa shape index (κ3) is 3.14. The van der Waals surface area contributed by atoms with E-state index in [2.05, 4.69) is 20.2 Å². The number of hydrogen-bond donors (Lipinski definition) is 2. The number of hydrogen-bond acceptors (Lipinski definition) is 5. The maximum absolute atomic E-state index is 14.3. The SMILES string of the molecule is COc1nnc(-c2c[nH]c(=O)[nH]c2=O)cc1[C@H]1C[C@@H]1c1ccc(C)cc1F. The molecule has 27 heavy (non-hydrogen) atoms. The van der Waals surface area contributed by atoms with Crippen LogP contribution in [0.2, 0.25) is 0 Å². The van der Waals surface area contributed by atoms with Gasteiger partial charge in [-0.2, -0.15) is 0 Å². The minimum absolute atomic E-state index is 0.0189. The first-order chi connectivity index (χ1) is 13.0. The quantitative estimate of drug-likeness (QED) is 0.736. The van der Waals surface area contributed by atoms with Gasteiger partial charge in [-0.05, 0) is 48.4 Å². The van der Waals surface area contributed by atoms with Gasteiger partial charge in [0, 0.05) is 11.8 Å². The third-order valence-electron chi connectivity index (χ3n) is 4.82. The Bertz CT molecular complexity index is 1140. The van der Waals surface area contributed by atoms with E-state index in [0.29, 0.717) is 17.1 Å². The predicted molar refractivity (Wildman–Crippen MR) is 96.5 cm³/mol. The van der Waals surface area contributed by atoms with E-state index in [-0.39, 0.29) is 23.2 Å². The summed E-state index contributed by atoms with van der Waals surface area (Å²) in [5, 5.41) is 8.07. The number of aryl methyl sites for hydroxylation is 1. The molecule has 1 fully saturated rings. The lowest BCUT2D eigenvalue weighted by molar-refractivity contribution is 0.386. The molecule has 0 saturated heterocycles. The van der Waals surface area contributed by atoms with Gasteiger partial charge in [-0.25, -0.2) is 9.18 Å². The van der Waals surface area contributed by atoms with Crippen LogP contribution in [0.25, 0.3) is 11.3 Å². The summed E-state index contributed by atoms with van der Waals surface area (Å²) in [6.07, 6.45) is 2.05. The minimum Gasteiger partial charge on any atom is -0.480 e. The Morgan fingerprint density at radius 3 is 2.63 bits per heavy atom. The number of methoxy groups -OCH3 is 1. The number of halogens is 1. The monoisotopic (exact) mass is 368 g/mol. The number of nitrogens with one attached hydrogen (secondary N) is 2. The van der Waals surface area contributed by atoms with Crippen LogP contribution in [0.5, 0.6) is 5.88 Å². The van der Waals surface area contributed by atoms with Gasteiger partial charge in [0.2, 0.25) is 5.88 Å². The maximum Gasteiger partial charge on any atom is 0.325 e. The van der Waals surface area contributed by atoms with Gasteiger partial charge in [0.05, 0.1) is 12.7 Å². The summed E-state index contributed by atoms with van der Waals surface area (Å²) in [7, 11) is 1.49. The second-order valence-electron chi connectivity index (χ2n) is 6.65. The highest BCUT2D eigenvalue weighted by atomic mass is 19.1. The van der Waals surface area contributed by atoms with Gasteiger partial charge in [0.25, 0.3) is 5.56 Å². The predicted octanol–water partition coefficient (Wildman–Crippen LogP) is 2.25. The molecule has 7 nitrogen and oxygen atoms in total. The minimum atomic E-state index is -0.595. The molecule has 1 aliphatic rings. The van der Waals surface area contributed by atoms with Crippen molar-refractivity contribution in [3.63, 3.8) is 0 Å². The van der Waals surface area contributed by atoms with Crippen molar-refractivity contribution in [1.82, 2.24) is 20.2 Å². The molecule has 3 aromatic rings. The zero-order valence-corrected chi connectivity index (χ0v) is 14.7. The van der Waals surface area contributed by atoms with Crippen molar-refractivity contribution < 1.29 is 9.13 Å². The first kappa shape index (κ1) is 17.1. The first-order valence-electron chi connectivity index (χ1n) is 8.48. The molecule has 0 bridgehead atoms. The second kappa shape index (κ2) is 6.46. The van der Waals surface area contributed by atoms with Crippen LogP contribution in [-0.4, -0.2) is 27.3 Å². The fourth-order valence-corrected chi connectivity index (χ4v) is 3.37. The van der Waals surface area contributed by atoms with Crippen LogP contribution in [0, 0.1) is 12.7 Å². The van der Waals surface area contributed by atoms with E-state index in [0.717, 1.165) is 17.5 Å². The normalized spacial score (nSPS) is 18.3. The largest absolute Gasteiger partial charge is 0.480 e. The molecule has 2 N–H and O–H groups in total. The number of aromatic amines is 2. The Kier molecular flexibility index (Phi) is 4.10. The van der Waals surface area contributed by atoms with Crippen molar-refractivity contribution in [2.75, 3.05) is 7.11 Å². The molecular formula is C19H17FN4O3. The van der Waals surface area contributed by atoms with E-state index in [9.17, 15) is 14.0 Å². The third-order valence-corrected chi connectivity index (χ3v) is 4.82. The fourth-order valence-electron chi connectivity index (χ4n) is 3.37. The zero-order chi connectivity index (χ0) is 19.1. The van der Waals surface area contributed by atoms with E-state index in [1.807, 2.05) is 19.1 Å². The van der Waals surface area contributed by atoms with Gasteiger partial charge in [-0.1, -0.05) is 12.1 Å². The van der Waals surface area contributed by atoms with E-state index >= 15 is 0 Å². The Labute approximate surface area is 153 Å². The Balaban J connectivity index is 1.72. The highest BCUT2D eigenvalue weighted by Gasteiger charge is 2.43. The topological polar surface area (TPSA) is 101 Å². The Morgan fingerprint density at radius 1 is 1.15 bits per heavy atom. The number of rotatable bonds is 4. The summed E-state index contributed by atoms with van der Waals surface area (Å²) >= 11 is 0. The molecule has 0 amide bonds. The standard InChI is InChI=1S/C19H17FN4O3/c1-9-3-4-10(15(20)5-9)11-6-12(11)13-7-16(23-24-18(13)27-2)14-8-21-19(26)22-17(14)25/h3-5,7-8,11-12H,6H2,1-2H3,(H2,21,22,25,26)/t11-,12+/m1/s1. The number of H-pyrrole nitrogens is 2. The number of benzene rings is 1. The average molecular weight is 368 g/mol. The Morgan fingerprint density at radius 2 is 1.93 bits per heavy atom. The smallest absolute Gasteiger partial charge is 0.325 e. The van der Waals surface area contributed by atoms with Crippen molar-refractivity contribution >= 4 is 0 Å². The molecule has 4 rings (SSSR count). The molecule has 1 aromatic carbocycles. The highest BCUT2D eigenvalue weighted by molar-refractivity contribution is 5.59. The molecule has 2 heterocycles. The van der Waals surface area contributed by atoms with Crippen LogP contribution in [0.3, 0.4) is 0 Å². The molecule has 0 spiro atoms. The molecule has 0 aliphatic heterocycles. The van der Waals surface area contributed by atoms with Crippen LogP contribution in [0.15, 0.2) is 40.1 Å². The molecule has 1 aliphatic carbocycles. The van der Waals surface area contributed by atoms with E-state index in [1.54, 1.807) is 6.07 Å². The van der Waals surface area contributed by atoms with E-state index in [1.165, 1.54) is 19.4 Å². The summed E-state index contributed by atoms with van der Waals surface area (Å²) < 4.78 is 19.6. The van der Waals surface area contributed by atoms with Crippen LogP contribution >= 0.6 is 0 Å². The number of aromatic nitrogens is 4. The van der Waals surface area contributed by atoms with Gasteiger partial charge in [-0.3, -0.25) is 9.78 Å². The van der Waals surface area contributed by atoms with Gasteiger partial charge < -0.3 is 9.72 Å². The zero-order valence-electron chi connectivity index (χ0n) is 14.7. The maximum atomic E-state index is 14.3. The van der Waals surface area contributed by atoms with Gasteiger partial charge in [-0.15, -0.1) is 10.2 Å². The molecule has 2 aromatic heterocycles. The van der Waals surface area contributed by atoms with Gasteiger partial charge in [0.1, 0.15) is 11.5 Å². The summed E-state index contributed by atoms with van der Waals surface area (Å²) in [4.78, 5) is 27.8. The lowest BCUT2D eigenvalue weighted by Crippen LogP contribution is -2.23. The lowest BCUT2D eigenvalue weighted by atomic mass is 10.0. The molecule has 8 heteroatoms. The van der Waals surface area contributed by atoms with Gasteiger partial charge >= 0.3 is 5.69 Å². The molecular weight excluding hydrogens is 351 g/mol. The van der Waals surface area contributed by atoms with Crippen LogP contribution in [-0.2, 0) is 0 Å². The summed E-state index contributed by atoms with van der Waals surface area (Å²) in [5.41, 5.74) is 1.66. The average Bonchev–Trinajstić information content (AvgIpc) is 3.41. The molecule has 0 radical (unpaired) electrons. The summed E-state index contributed by atoms with van der Waals surface area (Å²) in [6.45, 7) is 1.85. The number of ether oxygens (including phenoxy) is 1. The second-order valence-corrected chi connectivity index (χ2v) is 6.65. The van der Waals surface area contributed by atoms with E-state index in [4.69, 9.17) is 4.74 Å². The van der Waals surface area contributed by atoms with Gasteiger partial charge in [0.15, 0.2) is 0 Å². The molecule has 1 saturated carbocycles. The van der Waals surface area contributed by atoms with Crippen molar-refractivity contribution in [2.24, 2.45) is 0 Å². The Hall–Kier alpha value is -3.29. The van der Waals surface area contributed by atoms with Crippen LogP contribution in [0.1, 0.15) is 34.9 Å². The van der Waals surface area contributed by atoms with Crippen molar-refractivity contribution in [1.29, 1.82) is 0 Å². The van der Waals surface area contributed by atoms with Crippen molar-refractivity contribution in [3.05, 3.63) is 73.8 Å². The first-order valence-corrected chi connectivity index (χ1v) is 8.48. The fraction of sp³-hybridized carbons (Fsp3) is 0.263. The highest BCUT2D eigenvalue weighted by Crippen LogP contribution is 2.57. The molecule has 0 unspecified atom stereocenters. The van der Waals surface area contributed by atoms with E-state index < -0.39 is 11.2 Å². The van der Waals surface area contributed by atoms with Crippen LogP contribution in [0.4, 0.5) is 4.39 Å². The van der Waals surface area contributed by atoms with Crippen molar-refractivity contribution in [2.45, 2.75) is 25.2 Å². The van der Waals surface area contributed by atoms with Crippen molar-refractivity contribution in [3.8, 4) is 17.1 Å². The molecule has 138 valence electrons. The summed E-state index contributed by atoms with van der Waals surface area (Å²) in [5.74, 6) is 0.166. The number of nitrogens with zero attached hydrogens (tertiary/aromatic N) is 2.